The Morgan fingerprint density at radius 3 is 2.48 bits per heavy atom. The number of nitrogens with zero attached hydrogens (tertiary/aromatic N) is 2. The van der Waals surface area contributed by atoms with Crippen LogP contribution < -0.4 is 14.8 Å². The second-order valence-electron chi connectivity index (χ2n) is 7.05. The zero-order valence-electron chi connectivity index (χ0n) is 16.9. The summed E-state index contributed by atoms with van der Waals surface area (Å²) in [4.78, 5) is 16.8. The summed E-state index contributed by atoms with van der Waals surface area (Å²) in [6.07, 6.45) is 1.34. The Bertz CT molecular complexity index is 757. The van der Waals surface area contributed by atoms with Crippen LogP contribution in [0.25, 0.3) is 11.4 Å². The number of carbonyl (C=O) groups is 1. The van der Waals surface area contributed by atoms with Crippen LogP contribution in [0.5, 0.6) is 11.5 Å². The van der Waals surface area contributed by atoms with Gasteiger partial charge in [-0.05, 0) is 30.0 Å². The zero-order chi connectivity index (χ0) is 20.0. The van der Waals surface area contributed by atoms with E-state index >= 15 is 0 Å². The SMILES string of the molecule is CC[C@@H](C)[C@@H](NC(=O)CC(C)C)c1nc(-c2ccc(OC)c(OC)c2)no1. The summed E-state index contributed by atoms with van der Waals surface area (Å²) < 4.78 is 16.1. The first-order valence-corrected chi connectivity index (χ1v) is 9.24. The fourth-order valence-corrected chi connectivity index (χ4v) is 2.74. The zero-order valence-corrected chi connectivity index (χ0v) is 16.9. The van der Waals surface area contributed by atoms with Gasteiger partial charge in [-0.15, -0.1) is 0 Å². The number of methoxy groups -OCH3 is 2. The van der Waals surface area contributed by atoms with E-state index in [0.717, 1.165) is 12.0 Å². The van der Waals surface area contributed by atoms with E-state index < -0.39 is 0 Å². The van der Waals surface area contributed by atoms with E-state index in [1.54, 1.807) is 26.4 Å². The van der Waals surface area contributed by atoms with Crippen molar-refractivity contribution in [1.82, 2.24) is 15.5 Å². The van der Waals surface area contributed by atoms with Gasteiger partial charge in [0.25, 0.3) is 0 Å². The number of carbonyl (C=O) groups excluding carboxylic acids is 1. The molecule has 0 unspecified atom stereocenters. The molecule has 0 fully saturated rings. The molecule has 1 N–H and O–H groups in total. The Labute approximate surface area is 160 Å². The molecule has 2 atom stereocenters. The second-order valence-corrected chi connectivity index (χ2v) is 7.05. The smallest absolute Gasteiger partial charge is 0.249 e. The van der Waals surface area contributed by atoms with E-state index in [9.17, 15) is 4.79 Å². The van der Waals surface area contributed by atoms with Crippen molar-refractivity contribution in [2.45, 2.75) is 46.6 Å². The number of aromatic nitrogens is 2. The summed E-state index contributed by atoms with van der Waals surface area (Å²) in [5.74, 6) is 2.51. The van der Waals surface area contributed by atoms with Gasteiger partial charge in [0.1, 0.15) is 6.04 Å². The van der Waals surface area contributed by atoms with Crippen molar-refractivity contribution in [3.8, 4) is 22.9 Å². The fraction of sp³-hybridized carbons (Fsp3) is 0.550. The van der Waals surface area contributed by atoms with Crippen LogP contribution in [0.2, 0.25) is 0 Å². The molecule has 1 heterocycles. The number of hydrogen-bond acceptors (Lipinski definition) is 6. The van der Waals surface area contributed by atoms with E-state index in [0.29, 0.717) is 29.6 Å². The molecule has 7 heteroatoms. The Kier molecular flexibility index (Phi) is 7.21. The Balaban J connectivity index is 2.28. The number of amides is 1. The van der Waals surface area contributed by atoms with Crippen LogP contribution in [0.4, 0.5) is 0 Å². The lowest BCUT2D eigenvalue weighted by atomic mass is 9.98. The van der Waals surface area contributed by atoms with Gasteiger partial charge in [0, 0.05) is 12.0 Å². The highest BCUT2D eigenvalue weighted by molar-refractivity contribution is 5.76. The van der Waals surface area contributed by atoms with Gasteiger partial charge >= 0.3 is 0 Å². The van der Waals surface area contributed by atoms with Crippen molar-refractivity contribution in [2.24, 2.45) is 11.8 Å². The summed E-state index contributed by atoms with van der Waals surface area (Å²) in [5.41, 5.74) is 0.749. The molecule has 148 valence electrons. The number of benzene rings is 1. The van der Waals surface area contributed by atoms with Crippen LogP contribution in [-0.2, 0) is 4.79 Å². The molecule has 1 aromatic heterocycles. The van der Waals surface area contributed by atoms with Crippen LogP contribution in [0.3, 0.4) is 0 Å². The Morgan fingerprint density at radius 1 is 1.19 bits per heavy atom. The summed E-state index contributed by atoms with van der Waals surface area (Å²) in [7, 11) is 3.16. The summed E-state index contributed by atoms with van der Waals surface area (Å²) >= 11 is 0. The highest BCUT2D eigenvalue weighted by atomic mass is 16.5. The molecule has 7 nitrogen and oxygen atoms in total. The standard InChI is InChI=1S/C20H29N3O4/c1-7-13(4)18(21-17(24)10-12(2)3)20-22-19(23-27-20)14-8-9-15(25-5)16(11-14)26-6/h8-9,11-13,18H,7,10H2,1-6H3,(H,21,24)/t13-,18-/m1/s1. The lowest BCUT2D eigenvalue weighted by Crippen LogP contribution is -2.33. The van der Waals surface area contributed by atoms with Gasteiger partial charge in [0.15, 0.2) is 11.5 Å². The van der Waals surface area contributed by atoms with Gasteiger partial charge in [-0.25, -0.2) is 0 Å². The molecule has 0 aliphatic carbocycles. The minimum Gasteiger partial charge on any atom is -0.493 e. The average molecular weight is 375 g/mol. The Hall–Kier alpha value is -2.57. The lowest BCUT2D eigenvalue weighted by molar-refractivity contribution is -0.123. The molecular weight excluding hydrogens is 346 g/mol. The molecular formula is C20H29N3O4. The molecule has 1 aromatic carbocycles. The minimum atomic E-state index is -0.317. The largest absolute Gasteiger partial charge is 0.493 e. The summed E-state index contributed by atoms with van der Waals surface area (Å²) in [5, 5.41) is 7.13. The van der Waals surface area contributed by atoms with Crippen LogP contribution in [-0.4, -0.2) is 30.3 Å². The fourth-order valence-electron chi connectivity index (χ4n) is 2.74. The summed E-state index contributed by atoms with van der Waals surface area (Å²) in [6, 6.07) is 5.11. The van der Waals surface area contributed by atoms with E-state index in [1.165, 1.54) is 0 Å². The lowest BCUT2D eigenvalue weighted by Gasteiger charge is -2.21. The third-order valence-electron chi connectivity index (χ3n) is 4.47. The maximum absolute atomic E-state index is 12.3. The first kappa shape index (κ1) is 20.7. The van der Waals surface area contributed by atoms with Crippen molar-refractivity contribution in [2.75, 3.05) is 14.2 Å². The minimum absolute atomic E-state index is 0.0128. The van der Waals surface area contributed by atoms with Gasteiger partial charge in [0.05, 0.1) is 14.2 Å². The van der Waals surface area contributed by atoms with Crippen LogP contribution in [0.15, 0.2) is 22.7 Å². The molecule has 0 saturated heterocycles. The Morgan fingerprint density at radius 2 is 1.89 bits per heavy atom. The maximum atomic E-state index is 12.3. The van der Waals surface area contributed by atoms with Crippen molar-refractivity contribution in [1.29, 1.82) is 0 Å². The topological polar surface area (TPSA) is 86.5 Å². The van der Waals surface area contributed by atoms with Gasteiger partial charge in [0.2, 0.25) is 17.6 Å². The molecule has 0 bridgehead atoms. The van der Waals surface area contributed by atoms with E-state index in [-0.39, 0.29) is 23.8 Å². The second kappa shape index (κ2) is 9.39. The highest BCUT2D eigenvalue weighted by Gasteiger charge is 2.26. The van der Waals surface area contributed by atoms with E-state index in [2.05, 4.69) is 29.3 Å². The molecule has 1 amide bonds. The predicted molar refractivity (Wildman–Crippen MR) is 103 cm³/mol. The van der Waals surface area contributed by atoms with Crippen molar-refractivity contribution >= 4 is 5.91 Å². The van der Waals surface area contributed by atoms with Crippen molar-refractivity contribution in [3.63, 3.8) is 0 Å². The van der Waals surface area contributed by atoms with Gasteiger partial charge in [-0.1, -0.05) is 39.3 Å². The first-order chi connectivity index (χ1) is 12.9. The quantitative estimate of drug-likeness (QED) is 0.713. The van der Waals surface area contributed by atoms with Crippen LogP contribution >= 0.6 is 0 Å². The van der Waals surface area contributed by atoms with E-state index in [1.807, 2.05) is 19.9 Å². The molecule has 0 radical (unpaired) electrons. The molecule has 0 spiro atoms. The molecule has 2 rings (SSSR count). The van der Waals surface area contributed by atoms with Crippen molar-refractivity contribution in [3.05, 3.63) is 24.1 Å². The molecule has 27 heavy (non-hydrogen) atoms. The molecule has 2 aromatic rings. The van der Waals surface area contributed by atoms with E-state index in [4.69, 9.17) is 14.0 Å². The van der Waals surface area contributed by atoms with Gasteiger partial charge in [-0.3, -0.25) is 4.79 Å². The maximum Gasteiger partial charge on any atom is 0.249 e. The van der Waals surface area contributed by atoms with Gasteiger partial charge in [-0.2, -0.15) is 4.98 Å². The summed E-state index contributed by atoms with van der Waals surface area (Å²) in [6.45, 7) is 8.15. The predicted octanol–water partition coefficient (Wildman–Crippen LogP) is 4.00. The molecule has 0 saturated carbocycles. The third kappa shape index (κ3) is 5.21. The third-order valence-corrected chi connectivity index (χ3v) is 4.47. The van der Waals surface area contributed by atoms with Gasteiger partial charge < -0.3 is 19.3 Å². The number of ether oxygens (including phenoxy) is 2. The molecule has 0 aliphatic rings. The number of nitrogens with one attached hydrogen (secondary N) is 1. The average Bonchev–Trinajstić information content (AvgIpc) is 3.14. The highest BCUT2D eigenvalue weighted by Crippen LogP contribution is 2.32. The first-order valence-electron chi connectivity index (χ1n) is 9.24. The number of hydrogen-bond donors (Lipinski definition) is 1. The van der Waals surface area contributed by atoms with Crippen molar-refractivity contribution < 1.29 is 18.8 Å². The number of rotatable bonds is 9. The normalized spacial score (nSPS) is 13.3. The monoisotopic (exact) mass is 375 g/mol. The van der Waals surface area contributed by atoms with Crippen LogP contribution in [0, 0.1) is 11.8 Å². The molecule has 0 aliphatic heterocycles. The van der Waals surface area contributed by atoms with Crippen LogP contribution in [0.1, 0.15) is 52.5 Å².